The van der Waals surface area contributed by atoms with E-state index in [-0.39, 0.29) is 18.0 Å². The Bertz CT molecular complexity index is 438. The maximum atomic E-state index is 12.2. The van der Waals surface area contributed by atoms with Gasteiger partial charge in [0.1, 0.15) is 0 Å². The summed E-state index contributed by atoms with van der Waals surface area (Å²) in [6.07, 6.45) is 6.49. The van der Waals surface area contributed by atoms with Crippen LogP contribution in [0.5, 0.6) is 0 Å². The maximum absolute atomic E-state index is 12.2. The number of nitrogens with zero attached hydrogens (tertiary/aromatic N) is 1. The van der Waals surface area contributed by atoms with Gasteiger partial charge >= 0.3 is 0 Å². The first-order chi connectivity index (χ1) is 10.1. The number of nitrogens with one attached hydrogen (secondary N) is 1. The third-order valence-corrected chi connectivity index (χ3v) is 4.52. The van der Waals surface area contributed by atoms with Crippen LogP contribution in [0.25, 0.3) is 0 Å². The van der Waals surface area contributed by atoms with E-state index in [1.165, 1.54) is 37.7 Å². The van der Waals surface area contributed by atoms with Crippen LogP contribution in [0.2, 0.25) is 0 Å². The predicted octanol–water partition coefficient (Wildman–Crippen LogP) is 3.37. The van der Waals surface area contributed by atoms with Crippen LogP contribution in [0.4, 0.5) is 0 Å². The summed E-state index contributed by atoms with van der Waals surface area (Å²) in [5.41, 5.74) is 1.31. The molecule has 1 fully saturated rings. The molecule has 21 heavy (non-hydrogen) atoms. The maximum Gasteiger partial charge on any atom is 0.238 e. The van der Waals surface area contributed by atoms with E-state index in [1.807, 2.05) is 21.0 Å². The predicted molar refractivity (Wildman–Crippen MR) is 87.0 cm³/mol. The minimum Gasteiger partial charge on any atom is -0.347 e. The number of likely N-dealkylation sites (N-methyl/N-ethyl adjacent to an activating group) is 1. The van der Waals surface area contributed by atoms with Crippen molar-refractivity contribution < 1.29 is 4.79 Å². The Hall–Kier alpha value is -1.35. The first-order valence-electron chi connectivity index (χ1n) is 8.11. The SMILES string of the molecule is CC(NC(c1ccccc1)C1CCCCC1)C(=O)N(C)C. The molecule has 3 nitrogen and oxygen atoms in total. The third-order valence-electron chi connectivity index (χ3n) is 4.52. The molecular formula is C18H28N2O. The van der Waals surface area contributed by atoms with E-state index in [9.17, 15) is 4.79 Å². The molecule has 0 heterocycles. The molecule has 116 valence electrons. The fraction of sp³-hybridized carbons (Fsp3) is 0.611. The first kappa shape index (κ1) is 16.0. The van der Waals surface area contributed by atoms with Crippen LogP contribution in [0.15, 0.2) is 30.3 Å². The Labute approximate surface area is 128 Å². The largest absolute Gasteiger partial charge is 0.347 e. The number of hydrogen-bond donors (Lipinski definition) is 1. The second-order valence-electron chi connectivity index (χ2n) is 6.41. The number of amides is 1. The van der Waals surface area contributed by atoms with Crippen molar-refractivity contribution in [3.63, 3.8) is 0 Å². The van der Waals surface area contributed by atoms with Crippen LogP contribution in [0.1, 0.15) is 50.6 Å². The summed E-state index contributed by atoms with van der Waals surface area (Å²) < 4.78 is 0. The van der Waals surface area contributed by atoms with E-state index in [2.05, 4.69) is 35.6 Å². The lowest BCUT2D eigenvalue weighted by atomic mass is 9.81. The molecule has 2 rings (SSSR count). The van der Waals surface area contributed by atoms with Crippen LogP contribution in [-0.2, 0) is 4.79 Å². The van der Waals surface area contributed by atoms with E-state index < -0.39 is 0 Å². The van der Waals surface area contributed by atoms with Crippen molar-refractivity contribution in [2.24, 2.45) is 5.92 Å². The van der Waals surface area contributed by atoms with Gasteiger partial charge in [0.25, 0.3) is 0 Å². The number of benzene rings is 1. The van der Waals surface area contributed by atoms with Crippen LogP contribution in [0.3, 0.4) is 0 Å². The quantitative estimate of drug-likeness (QED) is 0.901. The van der Waals surface area contributed by atoms with Crippen LogP contribution >= 0.6 is 0 Å². The molecule has 1 aliphatic carbocycles. The van der Waals surface area contributed by atoms with Crippen molar-refractivity contribution in [3.8, 4) is 0 Å². The summed E-state index contributed by atoms with van der Waals surface area (Å²) in [7, 11) is 3.64. The molecule has 0 bridgehead atoms. The number of rotatable bonds is 5. The molecule has 1 aromatic rings. The molecule has 0 aromatic heterocycles. The second kappa shape index (κ2) is 7.60. The smallest absolute Gasteiger partial charge is 0.238 e. The zero-order valence-corrected chi connectivity index (χ0v) is 13.5. The summed E-state index contributed by atoms with van der Waals surface area (Å²) in [6.45, 7) is 1.97. The van der Waals surface area contributed by atoms with E-state index in [0.717, 1.165) is 0 Å². The van der Waals surface area contributed by atoms with Gasteiger partial charge in [-0.2, -0.15) is 0 Å². The minimum atomic E-state index is -0.146. The van der Waals surface area contributed by atoms with Gasteiger partial charge < -0.3 is 4.90 Å². The Balaban J connectivity index is 2.14. The van der Waals surface area contributed by atoms with Crippen molar-refractivity contribution in [3.05, 3.63) is 35.9 Å². The molecule has 1 N–H and O–H groups in total. The molecule has 0 radical (unpaired) electrons. The summed E-state index contributed by atoms with van der Waals surface area (Å²) in [6, 6.07) is 10.7. The summed E-state index contributed by atoms with van der Waals surface area (Å²) >= 11 is 0. The summed E-state index contributed by atoms with van der Waals surface area (Å²) in [5.74, 6) is 0.783. The van der Waals surface area contributed by atoms with Gasteiger partial charge in [-0.3, -0.25) is 10.1 Å². The molecule has 1 saturated carbocycles. The highest BCUT2D eigenvalue weighted by Crippen LogP contribution is 2.34. The van der Waals surface area contributed by atoms with Gasteiger partial charge in [-0.25, -0.2) is 0 Å². The highest BCUT2D eigenvalue weighted by Gasteiger charge is 2.28. The van der Waals surface area contributed by atoms with Crippen LogP contribution in [-0.4, -0.2) is 30.9 Å². The van der Waals surface area contributed by atoms with E-state index >= 15 is 0 Å². The third kappa shape index (κ3) is 4.31. The van der Waals surface area contributed by atoms with Gasteiger partial charge in [0.15, 0.2) is 0 Å². The Kier molecular flexibility index (Phi) is 5.80. The van der Waals surface area contributed by atoms with Crippen molar-refractivity contribution in [1.29, 1.82) is 0 Å². The number of carbonyl (C=O) groups is 1. The van der Waals surface area contributed by atoms with E-state index in [1.54, 1.807) is 4.90 Å². The molecule has 0 spiro atoms. The number of hydrogen-bond acceptors (Lipinski definition) is 2. The van der Waals surface area contributed by atoms with Gasteiger partial charge in [0.2, 0.25) is 5.91 Å². The van der Waals surface area contributed by atoms with Crippen molar-refractivity contribution in [2.45, 2.75) is 51.1 Å². The van der Waals surface area contributed by atoms with E-state index in [4.69, 9.17) is 0 Å². The Morgan fingerprint density at radius 1 is 1.14 bits per heavy atom. The topological polar surface area (TPSA) is 32.3 Å². The molecule has 2 unspecified atom stereocenters. The molecule has 3 heteroatoms. The van der Waals surface area contributed by atoms with Gasteiger partial charge in [0.05, 0.1) is 6.04 Å². The molecular weight excluding hydrogens is 260 g/mol. The van der Waals surface area contributed by atoms with Crippen LogP contribution < -0.4 is 5.32 Å². The standard InChI is InChI=1S/C18H28N2O/c1-14(18(21)20(2)3)19-17(15-10-6-4-7-11-15)16-12-8-5-9-13-16/h4,6-7,10-11,14,16-17,19H,5,8-9,12-13H2,1-3H3. The van der Waals surface area contributed by atoms with Gasteiger partial charge in [-0.05, 0) is 31.2 Å². The minimum absolute atomic E-state index is 0.145. The zero-order valence-electron chi connectivity index (χ0n) is 13.5. The van der Waals surface area contributed by atoms with Gasteiger partial charge in [-0.15, -0.1) is 0 Å². The highest BCUT2D eigenvalue weighted by atomic mass is 16.2. The van der Waals surface area contributed by atoms with Gasteiger partial charge in [-0.1, -0.05) is 49.6 Å². The average molecular weight is 288 g/mol. The first-order valence-corrected chi connectivity index (χ1v) is 8.11. The summed E-state index contributed by atoms with van der Waals surface area (Å²) in [4.78, 5) is 13.8. The zero-order chi connectivity index (χ0) is 15.2. The fourth-order valence-corrected chi connectivity index (χ4v) is 3.36. The van der Waals surface area contributed by atoms with Crippen molar-refractivity contribution in [2.75, 3.05) is 14.1 Å². The normalized spacial score (nSPS) is 19.0. The summed E-state index contributed by atoms with van der Waals surface area (Å²) in [5, 5.41) is 3.59. The fourth-order valence-electron chi connectivity index (χ4n) is 3.36. The molecule has 0 aliphatic heterocycles. The van der Waals surface area contributed by atoms with Crippen molar-refractivity contribution >= 4 is 5.91 Å². The molecule has 2 atom stereocenters. The monoisotopic (exact) mass is 288 g/mol. The lowest BCUT2D eigenvalue weighted by Gasteiger charge is -2.33. The van der Waals surface area contributed by atoms with Gasteiger partial charge in [0, 0.05) is 20.1 Å². The lowest BCUT2D eigenvalue weighted by Crippen LogP contribution is -2.45. The highest BCUT2D eigenvalue weighted by molar-refractivity contribution is 5.80. The van der Waals surface area contributed by atoms with Crippen molar-refractivity contribution in [1.82, 2.24) is 10.2 Å². The Morgan fingerprint density at radius 2 is 1.76 bits per heavy atom. The lowest BCUT2D eigenvalue weighted by molar-refractivity contribution is -0.130. The average Bonchev–Trinajstić information content (AvgIpc) is 2.53. The van der Waals surface area contributed by atoms with E-state index in [0.29, 0.717) is 5.92 Å². The Morgan fingerprint density at radius 3 is 2.33 bits per heavy atom. The second-order valence-corrected chi connectivity index (χ2v) is 6.41. The molecule has 1 amide bonds. The number of carbonyl (C=O) groups excluding carboxylic acids is 1. The van der Waals surface area contributed by atoms with Crippen LogP contribution in [0, 0.1) is 5.92 Å². The molecule has 0 saturated heterocycles. The molecule has 1 aliphatic rings. The molecule has 1 aromatic carbocycles.